The van der Waals surface area contributed by atoms with Crippen LogP contribution in [0.25, 0.3) is 21.8 Å². The number of aromatic nitrogens is 2. The number of pyridine rings is 1. The average molecular weight is 341 g/mol. The summed E-state index contributed by atoms with van der Waals surface area (Å²) >= 11 is 0. The Morgan fingerprint density at radius 1 is 1.20 bits per heavy atom. The third kappa shape index (κ3) is 4.89. The molecule has 0 radical (unpaired) electrons. The molecule has 1 atom stereocenters. The highest BCUT2D eigenvalue weighted by molar-refractivity contribution is 6.04. The van der Waals surface area contributed by atoms with Crippen LogP contribution in [0.4, 0.5) is 0 Å². The van der Waals surface area contributed by atoms with Gasteiger partial charge in [-0.2, -0.15) is 0 Å². The Labute approximate surface area is 144 Å². The predicted octanol–water partition coefficient (Wildman–Crippen LogP) is 2.25. The Morgan fingerprint density at radius 3 is 2.48 bits per heavy atom. The van der Waals surface area contributed by atoms with Gasteiger partial charge in [-0.1, -0.05) is 6.07 Å². The second-order valence-corrected chi connectivity index (χ2v) is 5.53. The number of rotatable bonds is 4. The lowest BCUT2D eigenvalue weighted by molar-refractivity contribution is -0.134. The molecule has 0 amide bonds. The van der Waals surface area contributed by atoms with E-state index in [-0.39, 0.29) is 6.04 Å². The lowest BCUT2D eigenvalue weighted by Crippen LogP contribution is -2.21. The first kappa shape index (κ1) is 18.2. The standard InChI is InChI=1S/C14H15N3.C4H4O4/c1-10(15)9-17-8-6-11-4-5-13-12(14(11)17)3-2-7-16-13;5-3(6)1-2-4(7)8/h2-8,10H,9,15H2,1H3;1-2H,(H,5,6)(H,7,8)/t10-;/m0./s1. The SMILES string of the molecule is C[C@H](N)Cn1ccc2ccc3ncccc3c21.O=C(O)C=CC(=O)O. The minimum absolute atomic E-state index is 0.150. The molecular formula is C18H19N3O4. The highest BCUT2D eigenvalue weighted by Crippen LogP contribution is 2.25. The number of nitrogens with zero attached hydrogens (tertiary/aromatic N) is 2. The third-order valence-corrected chi connectivity index (χ3v) is 3.36. The Morgan fingerprint density at radius 2 is 1.88 bits per heavy atom. The molecule has 0 saturated carbocycles. The Bertz CT molecular complexity index is 912. The molecule has 1 aromatic carbocycles. The zero-order valence-corrected chi connectivity index (χ0v) is 13.7. The molecule has 0 aliphatic heterocycles. The second kappa shape index (κ2) is 8.07. The van der Waals surface area contributed by atoms with E-state index in [2.05, 4.69) is 40.0 Å². The van der Waals surface area contributed by atoms with Crippen molar-refractivity contribution in [2.24, 2.45) is 5.73 Å². The van der Waals surface area contributed by atoms with Crippen molar-refractivity contribution < 1.29 is 19.8 Å². The normalized spacial score (nSPS) is 12.1. The maximum Gasteiger partial charge on any atom is 0.328 e. The molecule has 0 aliphatic rings. The van der Waals surface area contributed by atoms with Crippen LogP contribution in [-0.2, 0) is 16.1 Å². The summed E-state index contributed by atoms with van der Waals surface area (Å²) in [5.74, 6) is -2.51. The molecule has 2 aromatic heterocycles. The first-order valence-corrected chi connectivity index (χ1v) is 7.60. The fourth-order valence-electron chi connectivity index (χ4n) is 2.46. The molecule has 4 N–H and O–H groups in total. The molecule has 0 unspecified atom stereocenters. The van der Waals surface area contributed by atoms with Crippen LogP contribution in [0.3, 0.4) is 0 Å². The number of carboxylic acid groups (broad SMARTS) is 2. The molecule has 25 heavy (non-hydrogen) atoms. The summed E-state index contributed by atoms with van der Waals surface area (Å²) in [5.41, 5.74) is 8.14. The van der Waals surface area contributed by atoms with Crippen LogP contribution >= 0.6 is 0 Å². The maximum atomic E-state index is 9.55. The van der Waals surface area contributed by atoms with Gasteiger partial charge in [0.1, 0.15) is 0 Å². The number of aliphatic carboxylic acids is 2. The summed E-state index contributed by atoms with van der Waals surface area (Å²) < 4.78 is 2.21. The van der Waals surface area contributed by atoms with E-state index in [1.165, 1.54) is 16.3 Å². The van der Waals surface area contributed by atoms with Crippen LogP contribution in [0.2, 0.25) is 0 Å². The van der Waals surface area contributed by atoms with Crippen molar-refractivity contribution in [2.45, 2.75) is 19.5 Å². The summed E-state index contributed by atoms with van der Waals surface area (Å²) in [7, 11) is 0. The van der Waals surface area contributed by atoms with Gasteiger partial charge in [0.25, 0.3) is 0 Å². The zero-order valence-electron chi connectivity index (χ0n) is 13.7. The Hall–Kier alpha value is -3.19. The van der Waals surface area contributed by atoms with E-state index in [4.69, 9.17) is 15.9 Å². The Balaban J connectivity index is 0.000000242. The average Bonchev–Trinajstić information content (AvgIpc) is 2.96. The van der Waals surface area contributed by atoms with Crippen molar-refractivity contribution in [3.05, 3.63) is 54.9 Å². The molecule has 3 rings (SSSR count). The van der Waals surface area contributed by atoms with Crippen molar-refractivity contribution in [1.29, 1.82) is 0 Å². The first-order chi connectivity index (χ1) is 11.9. The van der Waals surface area contributed by atoms with E-state index in [1.807, 2.05) is 19.2 Å². The van der Waals surface area contributed by atoms with Gasteiger partial charge in [-0.25, -0.2) is 9.59 Å². The molecule has 2 heterocycles. The smallest absolute Gasteiger partial charge is 0.328 e. The lowest BCUT2D eigenvalue weighted by Gasteiger charge is -2.10. The molecule has 3 aromatic rings. The summed E-state index contributed by atoms with van der Waals surface area (Å²) in [6, 6.07) is 10.5. The summed E-state index contributed by atoms with van der Waals surface area (Å²) in [6.07, 6.45) is 5.04. The summed E-state index contributed by atoms with van der Waals surface area (Å²) in [5, 5.41) is 18.1. The van der Waals surface area contributed by atoms with E-state index in [1.54, 1.807) is 0 Å². The van der Waals surface area contributed by atoms with Crippen LogP contribution in [0.5, 0.6) is 0 Å². The topological polar surface area (TPSA) is 118 Å². The van der Waals surface area contributed by atoms with Crippen LogP contribution in [0.1, 0.15) is 6.92 Å². The van der Waals surface area contributed by atoms with Crippen LogP contribution in [0, 0.1) is 0 Å². The maximum absolute atomic E-state index is 9.55. The van der Waals surface area contributed by atoms with Crippen molar-refractivity contribution in [3.8, 4) is 0 Å². The van der Waals surface area contributed by atoms with Gasteiger partial charge in [-0.05, 0) is 31.2 Å². The molecule has 0 aliphatic carbocycles. The minimum atomic E-state index is -1.26. The number of carbonyl (C=O) groups is 2. The van der Waals surface area contributed by atoms with Crippen molar-refractivity contribution in [3.63, 3.8) is 0 Å². The zero-order chi connectivity index (χ0) is 18.4. The molecule has 130 valence electrons. The van der Waals surface area contributed by atoms with Crippen molar-refractivity contribution in [2.75, 3.05) is 0 Å². The molecule has 7 heteroatoms. The first-order valence-electron chi connectivity index (χ1n) is 7.60. The van der Waals surface area contributed by atoms with E-state index >= 15 is 0 Å². The fraction of sp³-hybridized carbons (Fsp3) is 0.167. The largest absolute Gasteiger partial charge is 0.478 e. The fourth-order valence-corrected chi connectivity index (χ4v) is 2.46. The van der Waals surface area contributed by atoms with Gasteiger partial charge in [0.15, 0.2) is 0 Å². The third-order valence-electron chi connectivity index (χ3n) is 3.36. The molecule has 0 bridgehead atoms. The van der Waals surface area contributed by atoms with E-state index in [0.717, 1.165) is 12.1 Å². The number of nitrogens with two attached hydrogens (primary N) is 1. The van der Waals surface area contributed by atoms with Crippen LogP contribution < -0.4 is 5.73 Å². The van der Waals surface area contributed by atoms with E-state index < -0.39 is 11.9 Å². The van der Waals surface area contributed by atoms with Gasteiger partial charge in [0, 0.05) is 47.9 Å². The van der Waals surface area contributed by atoms with Gasteiger partial charge in [0.2, 0.25) is 0 Å². The molecular weight excluding hydrogens is 322 g/mol. The van der Waals surface area contributed by atoms with Gasteiger partial charge >= 0.3 is 11.9 Å². The minimum Gasteiger partial charge on any atom is -0.478 e. The number of benzene rings is 1. The monoisotopic (exact) mass is 341 g/mol. The van der Waals surface area contributed by atoms with Crippen LogP contribution in [0.15, 0.2) is 54.9 Å². The molecule has 0 fully saturated rings. The van der Waals surface area contributed by atoms with Crippen LogP contribution in [-0.4, -0.2) is 37.7 Å². The highest BCUT2D eigenvalue weighted by Gasteiger charge is 2.07. The van der Waals surface area contributed by atoms with E-state index in [0.29, 0.717) is 12.2 Å². The predicted molar refractivity (Wildman–Crippen MR) is 95.3 cm³/mol. The molecule has 0 saturated heterocycles. The quantitative estimate of drug-likeness (QED) is 0.626. The van der Waals surface area contributed by atoms with E-state index in [9.17, 15) is 9.59 Å². The summed E-state index contributed by atoms with van der Waals surface area (Å²) in [6.45, 7) is 2.85. The van der Waals surface area contributed by atoms with Crippen molar-refractivity contribution >= 4 is 33.7 Å². The van der Waals surface area contributed by atoms with Gasteiger partial charge in [-0.15, -0.1) is 0 Å². The van der Waals surface area contributed by atoms with Gasteiger partial charge in [0.05, 0.1) is 11.0 Å². The van der Waals surface area contributed by atoms with Gasteiger partial charge in [-0.3, -0.25) is 4.98 Å². The van der Waals surface area contributed by atoms with Crippen molar-refractivity contribution in [1.82, 2.24) is 9.55 Å². The molecule has 7 nitrogen and oxygen atoms in total. The Kier molecular flexibility index (Phi) is 5.86. The lowest BCUT2D eigenvalue weighted by atomic mass is 10.1. The number of hydrogen-bond donors (Lipinski definition) is 3. The molecule has 0 spiro atoms. The number of fused-ring (bicyclic) bond motifs is 3. The second-order valence-electron chi connectivity index (χ2n) is 5.53. The number of hydrogen-bond acceptors (Lipinski definition) is 4. The highest BCUT2D eigenvalue weighted by atomic mass is 16.4. The number of carboxylic acids is 2. The summed E-state index contributed by atoms with van der Waals surface area (Å²) in [4.78, 5) is 23.5. The van der Waals surface area contributed by atoms with Gasteiger partial charge < -0.3 is 20.5 Å².